The second-order valence-corrected chi connectivity index (χ2v) is 3.90. The molecule has 10 heavy (non-hydrogen) atoms. The van der Waals surface area contributed by atoms with Gasteiger partial charge in [0.05, 0.1) is 0 Å². The molecule has 1 saturated heterocycles. The average molecular weight is 141 g/mol. The van der Waals surface area contributed by atoms with Crippen molar-refractivity contribution in [2.45, 2.75) is 45.6 Å². The van der Waals surface area contributed by atoms with Gasteiger partial charge in [-0.15, -0.1) is 0 Å². The number of hydrogen-bond acceptors (Lipinski definition) is 1. The lowest BCUT2D eigenvalue weighted by molar-refractivity contribution is 0.0485. The second-order valence-electron chi connectivity index (χ2n) is 3.90. The summed E-state index contributed by atoms with van der Waals surface area (Å²) in [7, 11) is 0. The van der Waals surface area contributed by atoms with Crippen LogP contribution in [0.2, 0.25) is 0 Å². The highest BCUT2D eigenvalue weighted by Gasteiger charge is 2.29. The highest BCUT2D eigenvalue weighted by Crippen LogP contribution is 2.25. The first kappa shape index (κ1) is 8.06. The van der Waals surface area contributed by atoms with Crippen molar-refractivity contribution >= 4 is 0 Å². The standard InChI is InChI=1S/C9H19N/c1-4-6-9(2,3)10-7-5-8-10/h4-8H2,1-3H3. The van der Waals surface area contributed by atoms with Gasteiger partial charge in [0.1, 0.15) is 0 Å². The molecule has 0 N–H and O–H groups in total. The summed E-state index contributed by atoms with van der Waals surface area (Å²) in [5.74, 6) is 0. The van der Waals surface area contributed by atoms with Gasteiger partial charge in [0, 0.05) is 5.54 Å². The monoisotopic (exact) mass is 141 g/mol. The van der Waals surface area contributed by atoms with E-state index in [0.717, 1.165) is 0 Å². The normalized spacial score (nSPS) is 20.7. The molecule has 0 saturated carbocycles. The minimum absolute atomic E-state index is 0.479. The van der Waals surface area contributed by atoms with E-state index in [4.69, 9.17) is 0 Å². The second kappa shape index (κ2) is 2.91. The van der Waals surface area contributed by atoms with Crippen molar-refractivity contribution in [2.24, 2.45) is 0 Å². The minimum Gasteiger partial charge on any atom is -0.298 e. The number of nitrogens with zero attached hydrogens (tertiary/aromatic N) is 1. The Bertz CT molecular complexity index is 103. The molecule has 0 amide bonds. The molecule has 0 aromatic rings. The van der Waals surface area contributed by atoms with Crippen LogP contribution < -0.4 is 0 Å². The Morgan fingerprint density at radius 2 is 1.90 bits per heavy atom. The van der Waals surface area contributed by atoms with E-state index in [1.807, 2.05) is 0 Å². The van der Waals surface area contributed by atoms with Crippen LogP contribution in [0.1, 0.15) is 40.0 Å². The van der Waals surface area contributed by atoms with E-state index in [9.17, 15) is 0 Å². The van der Waals surface area contributed by atoms with E-state index < -0.39 is 0 Å². The molecule has 0 bridgehead atoms. The molecule has 0 radical (unpaired) electrons. The lowest BCUT2D eigenvalue weighted by Gasteiger charge is -2.44. The predicted molar refractivity (Wildman–Crippen MR) is 45.2 cm³/mol. The van der Waals surface area contributed by atoms with Gasteiger partial charge in [0.2, 0.25) is 0 Å². The van der Waals surface area contributed by atoms with Crippen LogP contribution in [0, 0.1) is 0 Å². The fourth-order valence-electron chi connectivity index (χ4n) is 1.69. The van der Waals surface area contributed by atoms with Crippen molar-refractivity contribution in [3.8, 4) is 0 Å². The smallest absolute Gasteiger partial charge is 0.0153 e. The molecule has 0 aliphatic carbocycles. The van der Waals surface area contributed by atoms with Gasteiger partial charge in [-0.3, -0.25) is 4.90 Å². The van der Waals surface area contributed by atoms with Crippen molar-refractivity contribution in [2.75, 3.05) is 13.1 Å². The average Bonchev–Trinajstić information content (AvgIpc) is 1.56. The molecule has 1 heterocycles. The molecule has 0 unspecified atom stereocenters. The maximum Gasteiger partial charge on any atom is 0.0153 e. The summed E-state index contributed by atoms with van der Waals surface area (Å²) in [5, 5.41) is 0. The van der Waals surface area contributed by atoms with E-state index >= 15 is 0 Å². The van der Waals surface area contributed by atoms with Crippen LogP contribution in [0.5, 0.6) is 0 Å². The quantitative estimate of drug-likeness (QED) is 0.583. The van der Waals surface area contributed by atoms with Crippen LogP contribution in [0.25, 0.3) is 0 Å². The number of likely N-dealkylation sites (tertiary alicyclic amines) is 1. The van der Waals surface area contributed by atoms with Gasteiger partial charge in [-0.1, -0.05) is 13.3 Å². The molecule has 1 heteroatoms. The van der Waals surface area contributed by atoms with Crippen LogP contribution in [0.3, 0.4) is 0 Å². The molecular formula is C9H19N. The van der Waals surface area contributed by atoms with Crippen molar-refractivity contribution in [1.82, 2.24) is 4.90 Å². The number of hydrogen-bond donors (Lipinski definition) is 0. The Balaban J connectivity index is 2.33. The molecule has 0 aromatic carbocycles. The predicted octanol–water partition coefficient (Wildman–Crippen LogP) is 2.27. The lowest BCUT2D eigenvalue weighted by Crippen LogP contribution is -2.51. The summed E-state index contributed by atoms with van der Waals surface area (Å²) in [4.78, 5) is 2.58. The summed E-state index contributed by atoms with van der Waals surface area (Å²) >= 11 is 0. The summed E-state index contributed by atoms with van der Waals surface area (Å²) in [6.07, 6.45) is 4.06. The van der Waals surface area contributed by atoms with Crippen LogP contribution in [-0.2, 0) is 0 Å². The molecule has 1 fully saturated rings. The van der Waals surface area contributed by atoms with E-state index in [1.54, 1.807) is 0 Å². The first-order chi connectivity index (χ1) is 4.67. The van der Waals surface area contributed by atoms with Crippen molar-refractivity contribution in [1.29, 1.82) is 0 Å². The third kappa shape index (κ3) is 1.51. The van der Waals surface area contributed by atoms with Crippen molar-refractivity contribution in [3.05, 3.63) is 0 Å². The topological polar surface area (TPSA) is 3.24 Å². The molecule has 1 aliphatic heterocycles. The highest BCUT2D eigenvalue weighted by atomic mass is 15.2. The summed E-state index contributed by atoms with van der Waals surface area (Å²) in [6.45, 7) is 9.63. The fraction of sp³-hybridized carbons (Fsp3) is 1.00. The van der Waals surface area contributed by atoms with Crippen molar-refractivity contribution < 1.29 is 0 Å². The molecule has 1 rings (SSSR count). The third-order valence-corrected chi connectivity index (χ3v) is 2.57. The molecule has 0 aromatic heterocycles. The third-order valence-electron chi connectivity index (χ3n) is 2.57. The van der Waals surface area contributed by atoms with Crippen LogP contribution in [0.4, 0.5) is 0 Å². The van der Waals surface area contributed by atoms with E-state index in [1.165, 1.54) is 32.4 Å². The van der Waals surface area contributed by atoms with Gasteiger partial charge in [-0.2, -0.15) is 0 Å². The van der Waals surface area contributed by atoms with Crippen LogP contribution in [0.15, 0.2) is 0 Å². The molecule has 0 spiro atoms. The molecule has 1 nitrogen and oxygen atoms in total. The zero-order valence-corrected chi connectivity index (χ0v) is 7.48. The van der Waals surface area contributed by atoms with Gasteiger partial charge < -0.3 is 0 Å². The van der Waals surface area contributed by atoms with Gasteiger partial charge in [-0.25, -0.2) is 0 Å². The van der Waals surface area contributed by atoms with E-state index in [0.29, 0.717) is 5.54 Å². The SMILES string of the molecule is CCCC(C)(C)N1CCC1. The van der Waals surface area contributed by atoms with Gasteiger partial charge in [-0.05, 0) is 39.8 Å². The van der Waals surface area contributed by atoms with Crippen LogP contribution >= 0.6 is 0 Å². The van der Waals surface area contributed by atoms with E-state index in [-0.39, 0.29) is 0 Å². The highest BCUT2D eigenvalue weighted by molar-refractivity contribution is 4.85. The molecule has 1 aliphatic rings. The lowest BCUT2D eigenvalue weighted by atomic mass is 9.93. The Morgan fingerprint density at radius 3 is 2.20 bits per heavy atom. The number of rotatable bonds is 3. The summed E-state index contributed by atoms with van der Waals surface area (Å²) in [6, 6.07) is 0. The zero-order valence-electron chi connectivity index (χ0n) is 7.48. The first-order valence-corrected chi connectivity index (χ1v) is 4.42. The Morgan fingerprint density at radius 1 is 1.30 bits per heavy atom. The Hall–Kier alpha value is -0.0400. The molecular weight excluding hydrogens is 122 g/mol. The Kier molecular flexibility index (Phi) is 2.35. The first-order valence-electron chi connectivity index (χ1n) is 4.42. The largest absolute Gasteiger partial charge is 0.298 e. The summed E-state index contributed by atoms with van der Waals surface area (Å²) < 4.78 is 0. The Labute approximate surface area is 64.4 Å². The fourth-order valence-corrected chi connectivity index (χ4v) is 1.69. The zero-order chi connectivity index (χ0) is 7.61. The molecule has 0 atom stereocenters. The van der Waals surface area contributed by atoms with Crippen molar-refractivity contribution in [3.63, 3.8) is 0 Å². The van der Waals surface area contributed by atoms with Gasteiger partial charge in [0.25, 0.3) is 0 Å². The van der Waals surface area contributed by atoms with Gasteiger partial charge >= 0.3 is 0 Å². The summed E-state index contributed by atoms with van der Waals surface area (Å²) in [5.41, 5.74) is 0.479. The maximum absolute atomic E-state index is 2.58. The van der Waals surface area contributed by atoms with E-state index in [2.05, 4.69) is 25.7 Å². The minimum atomic E-state index is 0.479. The van der Waals surface area contributed by atoms with Gasteiger partial charge in [0.15, 0.2) is 0 Å². The van der Waals surface area contributed by atoms with Crippen LogP contribution in [-0.4, -0.2) is 23.5 Å². The maximum atomic E-state index is 2.58. The molecule has 60 valence electrons.